The van der Waals surface area contributed by atoms with E-state index in [4.69, 9.17) is 11.6 Å². The molecule has 8 heteroatoms. The number of benzene rings is 2. The second kappa shape index (κ2) is 8.85. The number of aromatic nitrogens is 1. The third kappa shape index (κ3) is 5.37. The SMILES string of the molecule is CC(C)(CNC(=O)c1cccc(S(=O)(=O)Nc2cccc(Cl)c2)c1)c1ccncc1. The summed E-state index contributed by atoms with van der Waals surface area (Å²) in [6.45, 7) is 4.41. The van der Waals surface area contributed by atoms with Crippen molar-refractivity contribution in [3.63, 3.8) is 0 Å². The van der Waals surface area contributed by atoms with Crippen LogP contribution in [0.5, 0.6) is 0 Å². The highest BCUT2D eigenvalue weighted by atomic mass is 35.5. The van der Waals surface area contributed by atoms with Gasteiger partial charge in [-0.25, -0.2) is 8.42 Å². The lowest BCUT2D eigenvalue weighted by Crippen LogP contribution is -2.36. The van der Waals surface area contributed by atoms with Crippen molar-refractivity contribution in [1.82, 2.24) is 10.3 Å². The molecule has 0 aliphatic heterocycles. The van der Waals surface area contributed by atoms with Gasteiger partial charge in [-0.1, -0.05) is 37.6 Å². The van der Waals surface area contributed by atoms with Crippen molar-refractivity contribution < 1.29 is 13.2 Å². The molecule has 1 amide bonds. The zero-order chi connectivity index (χ0) is 21.8. The topological polar surface area (TPSA) is 88.2 Å². The van der Waals surface area contributed by atoms with Gasteiger partial charge in [-0.3, -0.25) is 14.5 Å². The Labute approximate surface area is 181 Å². The molecule has 30 heavy (non-hydrogen) atoms. The summed E-state index contributed by atoms with van der Waals surface area (Å²) >= 11 is 5.91. The van der Waals surface area contributed by atoms with Crippen LogP contribution in [0.15, 0.2) is 78.0 Å². The Hall–Kier alpha value is -2.90. The smallest absolute Gasteiger partial charge is 0.261 e. The standard InChI is InChI=1S/C22H22ClN3O3S/c1-22(2,17-9-11-24-12-10-17)15-25-21(27)16-5-3-8-20(13-16)30(28,29)26-19-7-4-6-18(23)14-19/h3-14,26H,15H2,1-2H3,(H,25,27). The van der Waals surface area contributed by atoms with Gasteiger partial charge >= 0.3 is 0 Å². The Bertz CT molecular complexity index is 1150. The number of nitrogens with zero attached hydrogens (tertiary/aromatic N) is 1. The van der Waals surface area contributed by atoms with Gasteiger partial charge in [-0.2, -0.15) is 0 Å². The number of sulfonamides is 1. The highest BCUT2D eigenvalue weighted by Gasteiger charge is 2.22. The summed E-state index contributed by atoms with van der Waals surface area (Å²) in [6.07, 6.45) is 3.42. The second-order valence-corrected chi connectivity index (χ2v) is 9.56. The van der Waals surface area contributed by atoms with Crippen LogP contribution in [0.1, 0.15) is 29.8 Å². The predicted octanol–water partition coefficient (Wildman–Crippen LogP) is 4.24. The highest BCUT2D eigenvalue weighted by molar-refractivity contribution is 7.92. The molecule has 0 radical (unpaired) electrons. The van der Waals surface area contributed by atoms with E-state index in [1.54, 1.807) is 36.7 Å². The number of carbonyl (C=O) groups is 1. The van der Waals surface area contributed by atoms with Crippen LogP contribution in [0.4, 0.5) is 5.69 Å². The molecule has 0 spiro atoms. The lowest BCUT2D eigenvalue weighted by molar-refractivity contribution is 0.0945. The Balaban J connectivity index is 1.73. The van der Waals surface area contributed by atoms with Crippen molar-refractivity contribution >= 4 is 33.2 Å². The summed E-state index contributed by atoms with van der Waals surface area (Å²) in [6, 6.07) is 16.1. The van der Waals surface area contributed by atoms with Crippen LogP contribution < -0.4 is 10.0 Å². The summed E-state index contributed by atoms with van der Waals surface area (Å²) < 4.78 is 27.9. The molecule has 1 heterocycles. The first-order valence-corrected chi connectivity index (χ1v) is 11.1. The van der Waals surface area contributed by atoms with Crippen molar-refractivity contribution in [3.8, 4) is 0 Å². The Kier molecular flexibility index (Phi) is 6.43. The van der Waals surface area contributed by atoms with Crippen molar-refractivity contribution in [2.75, 3.05) is 11.3 Å². The molecule has 3 aromatic rings. The lowest BCUT2D eigenvalue weighted by Gasteiger charge is -2.25. The van der Waals surface area contributed by atoms with E-state index in [1.807, 2.05) is 26.0 Å². The molecule has 2 aromatic carbocycles. The fourth-order valence-corrected chi connectivity index (χ4v) is 4.16. The molecule has 2 N–H and O–H groups in total. The summed E-state index contributed by atoms with van der Waals surface area (Å²) in [5, 5.41) is 3.30. The zero-order valence-electron chi connectivity index (χ0n) is 16.6. The largest absolute Gasteiger partial charge is 0.351 e. The maximum absolute atomic E-state index is 12.7. The zero-order valence-corrected chi connectivity index (χ0v) is 18.2. The van der Waals surface area contributed by atoms with Gasteiger partial charge in [0.25, 0.3) is 15.9 Å². The molecule has 0 saturated heterocycles. The van der Waals surface area contributed by atoms with E-state index in [9.17, 15) is 13.2 Å². The van der Waals surface area contributed by atoms with Gasteiger partial charge in [0, 0.05) is 34.9 Å². The Morgan fingerprint density at radius 2 is 1.73 bits per heavy atom. The van der Waals surface area contributed by atoms with Crippen LogP contribution in [0.2, 0.25) is 5.02 Å². The fraction of sp³-hybridized carbons (Fsp3) is 0.182. The van der Waals surface area contributed by atoms with E-state index in [-0.39, 0.29) is 21.8 Å². The van der Waals surface area contributed by atoms with Crippen LogP contribution in [0, 0.1) is 0 Å². The minimum absolute atomic E-state index is 0.0106. The first-order valence-electron chi connectivity index (χ1n) is 9.24. The van der Waals surface area contributed by atoms with Gasteiger partial charge in [0.15, 0.2) is 0 Å². The molecule has 0 aliphatic rings. The van der Waals surface area contributed by atoms with E-state index in [0.29, 0.717) is 17.3 Å². The quantitative estimate of drug-likeness (QED) is 0.571. The van der Waals surface area contributed by atoms with Crippen LogP contribution >= 0.6 is 11.6 Å². The monoisotopic (exact) mass is 443 g/mol. The maximum atomic E-state index is 12.7. The van der Waals surface area contributed by atoms with Crippen LogP contribution in [0.3, 0.4) is 0 Å². The number of pyridine rings is 1. The number of hydrogen-bond donors (Lipinski definition) is 2. The summed E-state index contributed by atoms with van der Waals surface area (Å²) in [4.78, 5) is 16.6. The third-order valence-electron chi connectivity index (χ3n) is 4.64. The Morgan fingerprint density at radius 3 is 2.43 bits per heavy atom. The molecule has 3 rings (SSSR count). The number of anilines is 1. The predicted molar refractivity (Wildman–Crippen MR) is 118 cm³/mol. The molecule has 6 nitrogen and oxygen atoms in total. The number of carbonyl (C=O) groups excluding carboxylic acids is 1. The molecule has 156 valence electrons. The second-order valence-electron chi connectivity index (χ2n) is 7.45. The molecule has 0 unspecified atom stereocenters. The van der Waals surface area contributed by atoms with Gasteiger partial charge < -0.3 is 5.32 Å². The maximum Gasteiger partial charge on any atom is 0.261 e. The van der Waals surface area contributed by atoms with E-state index >= 15 is 0 Å². The molecular weight excluding hydrogens is 422 g/mol. The van der Waals surface area contributed by atoms with Gasteiger partial charge in [-0.15, -0.1) is 0 Å². The normalized spacial score (nSPS) is 11.7. The van der Waals surface area contributed by atoms with Gasteiger partial charge in [0.05, 0.1) is 10.6 Å². The third-order valence-corrected chi connectivity index (χ3v) is 6.25. The summed E-state index contributed by atoms with van der Waals surface area (Å²) in [7, 11) is -3.87. The van der Waals surface area contributed by atoms with E-state index < -0.39 is 10.0 Å². The number of amides is 1. The number of hydrogen-bond acceptors (Lipinski definition) is 4. The molecular formula is C22H22ClN3O3S. The first kappa shape index (κ1) is 21.8. The van der Waals surface area contributed by atoms with Gasteiger partial charge in [0.2, 0.25) is 0 Å². The van der Waals surface area contributed by atoms with E-state index in [0.717, 1.165) is 5.56 Å². The average Bonchev–Trinajstić information content (AvgIpc) is 2.72. The molecule has 0 fully saturated rings. The molecule has 0 bridgehead atoms. The van der Waals surface area contributed by atoms with Crippen LogP contribution in [-0.4, -0.2) is 25.9 Å². The highest BCUT2D eigenvalue weighted by Crippen LogP contribution is 2.22. The van der Waals surface area contributed by atoms with E-state index in [2.05, 4.69) is 15.0 Å². The van der Waals surface area contributed by atoms with Crippen molar-refractivity contribution in [2.45, 2.75) is 24.2 Å². The molecule has 1 aromatic heterocycles. The van der Waals surface area contributed by atoms with E-state index in [1.165, 1.54) is 24.3 Å². The van der Waals surface area contributed by atoms with Crippen molar-refractivity contribution in [2.24, 2.45) is 0 Å². The minimum Gasteiger partial charge on any atom is -0.351 e. The molecule has 0 aliphatic carbocycles. The fourth-order valence-electron chi connectivity index (χ4n) is 2.88. The molecule has 0 atom stereocenters. The van der Waals surface area contributed by atoms with Gasteiger partial charge in [-0.05, 0) is 54.1 Å². The number of rotatable bonds is 7. The van der Waals surface area contributed by atoms with Gasteiger partial charge in [0.1, 0.15) is 0 Å². The van der Waals surface area contributed by atoms with Crippen molar-refractivity contribution in [1.29, 1.82) is 0 Å². The minimum atomic E-state index is -3.87. The average molecular weight is 444 g/mol. The lowest BCUT2D eigenvalue weighted by atomic mass is 9.85. The first-order chi connectivity index (χ1) is 14.2. The summed E-state index contributed by atoms with van der Waals surface area (Å²) in [5.74, 6) is -0.350. The Morgan fingerprint density at radius 1 is 1.03 bits per heavy atom. The van der Waals surface area contributed by atoms with Crippen LogP contribution in [-0.2, 0) is 15.4 Å². The van der Waals surface area contributed by atoms with Crippen molar-refractivity contribution in [3.05, 3.63) is 89.2 Å². The number of halogens is 1. The molecule has 0 saturated carbocycles. The van der Waals surface area contributed by atoms with Crippen LogP contribution in [0.25, 0.3) is 0 Å². The summed E-state index contributed by atoms with van der Waals surface area (Å²) in [5.41, 5.74) is 1.34. The number of nitrogens with one attached hydrogen (secondary N) is 2.